The van der Waals surface area contributed by atoms with Gasteiger partial charge in [-0.25, -0.2) is 0 Å². The van der Waals surface area contributed by atoms with Gasteiger partial charge >= 0.3 is 0 Å². The average molecular weight is 266 g/mol. The van der Waals surface area contributed by atoms with E-state index in [1.807, 2.05) is 44.2 Å². The van der Waals surface area contributed by atoms with Crippen molar-refractivity contribution in [1.82, 2.24) is 0 Å². The Hall–Kier alpha value is -2.02. The lowest BCUT2D eigenvalue weighted by atomic mass is 9.94. The van der Waals surface area contributed by atoms with Crippen LogP contribution in [0.4, 0.5) is 0 Å². The third-order valence-electron chi connectivity index (χ3n) is 3.57. The first-order chi connectivity index (χ1) is 9.50. The van der Waals surface area contributed by atoms with Crippen molar-refractivity contribution >= 4 is 10.8 Å². The minimum absolute atomic E-state index is 0.341. The summed E-state index contributed by atoms with van der Waals surface area (Å²) in [5.41, 5.74) is 3.40. The van der Waals surface area contributed by atoms with E-state index in [0.29, 0.717) is 11.7 Å². The molecule has 20 heavy (non-hydrogen) atoms. The monoisotopic (exact) mass is 266 g/mol. The van der Waals surface area contributed by atoms with E-state index in [4.69, 9.17) is 0 Å². The second kappa shape index (κ2) is 5.96. The first-order valence-electron chi connectivity index (χ1n) is 7.07. The van der Waals surface area contributed by atoms with Crippen LogP contribution in [0.3, 0.4) is 0 Å². The van der Waals surface area contributed by atoms with Crippen molar-refractivity contribution in [2.75, 3.05) is 0 Å². The number of fused-ring (bicyclic) bond motifs is 1. The Balaban J connectivity index is 3.02. The van der Waals surface area contributed by atoms with Crippen molar-refractivity contribution in [2.24, 2.45) is 0 Å². The van der Waals surface area contributed by atoms with Crippen molar-refractivity contribution in [1.29, 1.82) is 0 Å². The van der Waals surface area contributed by atoms with Crippen molar-refractivity contribution in [2.45, 2.75) is 33.6 Å². The molecule has 0 aromatic heterocycles. The molecule has 1 nitrogen and oxygen atoms in total. The molecular formula is C19H22O. The van der Waals surface area contributed by atoms with Crippen LogP contribution < -0.4 is 0 Å². The van der Waals surface area contributed by atoms with E-state index >= 15 is 0 Å². The average Bonchev–Trinajstić information content (AvgIpc) is 2.37. The largest absolute Gasteiger partial charge is 0.507 e. The van der Waals surface area contributed by atoms with Gasteiger partial charge in [-0.3, -0.25) is 0 Å². The Morgan fingerprint density at radius 3 is 2.30 bits per heavy atom. The minimum atomic E-state index is 0.341. The molecule has 0 aliphatic carbocycles. The number of hydrogen-bond donors (Lipinski definition) is 1. The van der Waals surface area contributed by atoms with Gasteiger partial charge in [0, 0.05) is 5.39 Å². The highest BCUT2D eigenvalue weighted by molar-refractivity contribution is 5.92. The van der Waals surface area contributed by atoms with Crippen molar-refractivity contribution in [3.8, 4) is 5.75 Å². The van der Waals surface area contributed by atoms with Crippen LogP contribution >= 0.6 is 0 Å². The summed E-state index contributed by atoms with van der Waals surface area (Å²) in [4.78, 5) is 0. The van der Waals surface area contributed by atoms with Gasteiger partial charge in [0.25, 0.3) is 0 Å². The smallest absolute Gasteiger partial charge is 0.123 e. The standard InChI is InChI=1S/C19H22O/c1-13(2)16-11-10-15(4)19-17(16)9-7-5-6-8-14(3)12-18(19)20/h5-13,20H,1-4H3. The third-order valence-corrected chi connectivity index (χ3v) is 3.57. The molecule has 0 bridgehead atoms. The SMILES string of the molecule is Cc1cccccc2c(C(C)C)ccc(C)c2c(O)c1. The Morgan fingerprint density at radius 2 is 1.60 bits per heavy atom. The molecular weight excluding hydrogens is 244 g/mol. The zero-order valence-electron chi connectivity index (χ0n) is 12.6. The molecule has 0 fully saturated rings. The fraction of sp³-hybridized carbons (Fsp3) is 0.263. The maximum atomic E-state index is 10.5. The molecule has 0 amide bonds. The number of aryl methyl sites for hydroxylation is 2. The zero-order chi connectivity index (χ0) is 14.7. The van der Waals surface area contributed by atoms with Crippen LogP contribution in [0.15, 0.2) is 48.5 Å². The van der Waals surface area contributed by atoms with Crippen LogP contribution in [0, 0.1) is 13.8 Å². The van der Waals surface area contributed by atoms with Gasteiger partial charge in [-0.2, -0.15) is 0 Å². The van der Waals surface area contributed by atoms with Gasteiger partial charge < -0.3 is 5.11 Å². The molecule has 0 unspecified atom stereocenters. The van der Waals surface area contributed by atoms with Gasteiger partial charge in [0.2, 0.25) is 0 Å². The van der Waals surface area contributed by atoms with Gasteiger partial charge in [-0.05, 0) is 47.9 Å². The van der Waals surface area contributed by atoms with Crippen LogP contribution in [0.2, 0.25) is 0 Å². The lowest BCUT2D eigenvalue weighted by Crippen LogP contribution is -1.90. The van der Waals surface area contributed by atoms with Gasteiger partial charge in [-0.1, -0.05) is 56.3 Å². The summed E-state index contributed by atoms with van der Waals surface area (Å²) in [5, 5.41) is 12.6. The predicted octanol–water partition coefficient (Wildman–Crippen LogP) is 5.41. The number of hydrogen-bond acceptors (Lipinski definition) is 1. The Bertz CT molecular complexity index is 683. The van der Waals surface area contributed by atoms with E-state index in [9.17, 15) is 5.11 Å². The van der Waals surface area contributed by atoms with Crippen LogP contribution in [-0.2, 0) is 0 Å². The maximum Gasteiger partial charge on any atom is 0.123 e. The van der Waals surface area contributed by atoms with Gasteiger partial charge in [-0.15, -0.1) is 0 Å². The molecule has 0 saturated heterocycles. The molecule has 0 atom stereocenters. The lowest BCUT2D eigenvalue weighted by molar-refractivity contribution is 0.481. The number of aromatic hydroxyl groups is 1. The topological polar surface area (TPSA) is 20.2 Å². The van der Waals surface area contributed by atoms with Gasteiger partial charge in [0.15, 0.2) is 0 Å². The molecule has 0 aliphatic rings. The second-order valence-corrected chi connectivity index (χ2v) is 5.60. The molecule has 1 N–H and O–H groups in total. The second-order valence-electron chi connectivity index (χ2n) is 5.60. The maximum absolute atomic E-state index is 10.5. The molecule has 2 rings (SSSR count). The molecule has 104 valence electrons. The molecule has 0 radical (unpaired) electrons. The molecule has 1 heteroatoms. The van der Waals surface area contributed by atoms with E-state index in [-0.39, 0.29) is 0 Å². The van der Waals surface area contributed by atoms with Crippen molar-refractivity contribution in [3.63, 3.8) is 0 Å². The van der Waals surface area contributed by atoms with E-state index in [1.54, 1.807) is 0 Å². The fourth-order valence-corrected chi connectivity index (χ4v) is 2.53. The first kappa shape index (κ1) is 14.4. The van der Waals surface area contributed by atoms with Gasteiger partial charge in [0.05, 0.1) is 0 Å². The molecule has 0 heterocycles. The summed E-state index contributed by atoms with van der Waals surface area (Å²) in [6.45, 7) is 8.40. The van der Waals surface area contributed by atoms with E-state index in [2.05, 4.69) is 32.0 Å². The van der Waals surface area contributed by atoms with Crippen LogP contribution in [0.5, 0.6) is 5.75 Å². The van der Waals surface area contributed by atoms with Crippen LogP contribution in [0.25, 0.3) is 10.8 Å². The normalized spacial score (nSPS) is 10.7. The van der Waals surface area contributed by atoms with Crippen LogP contribution in [-0.4, -0.2) is 5.11 Å². The predicted molar refractivity (Wildman–Crippen MR) is 86.8 cm³/mol. The Labute approximate surface area is 121 Å². The fourth-order valence-electron chi connectivity index (χ4n) is 2.53. The molecule has 2 aromatic carbocycles. The summed E-state index contributed by atoms with van der Waals surface area (Å²) in [6, 6.07) is 16.2. The van der Waals surface area contributed by atoms with Crippen LogP contribution in [0.1, 0.15) is 36.5 Å². The first-order valence-corrected chi connectivity index (χ1v) is 7.07. The molecule has 0 aliphatic heterocycles. The summed E-state index contributed by atoms with van der Waals surface area (Å²) >= 11 is 0. The third kappa shape index (κ3) is 2.93. The Morgan fingerprint density at radius 1 is 0.900 bits per heavy atom. The van der Waals surface area contributed by atoms with E-state index in [1.165, 1.54) is 5.56 Å². The zero-order valence-corrected chi connectivity index (χ0v) is 12.6. The van der Waals surface area contributed by atoms with E-state index < -0.39 is 0 Å². The summed E-state index contributed by atoms with van der Waals surface area (Å²) in [7, 11) is 0. The van der Waals surface area contributed by atoms with Crippen molar-refractivity contribution in [3.05, 3.63) is 65.2 Å². The van der Waals surface area contributed by atoms with Crippen molar-refractivity contribution < 1.29 is 5.11 Å². The minimum Gasteiger partial charge on any atom is -0.507 e. The number of benzene rings is 1. The van der Waals surface area contributed by atoms with E-state index in [0.717, 1.165) is 21.9 Å². The summed E-state index contributed by atoms with van der Waals surface area (Å²) in [5.74, 6) is 0.763. The highest BCUT2D eigenvalue weighted by Gasteiger charge is 2.08. The quantitative estimate of drug-likeness (QED) is 0.731. The molecule has 0 spiro atoms. The summed E-state index contributed by atoms with van der Waals surface area (Å²) < 4.78 is 0. The van der Waals surface area contributed by atoms with Gasteiger partial charge in [0.1, 0.15) is 5.75 Å². The summed E-state index contributed by atoms with van der Waals surface area (Å²) in [6.07, 6.45) is 0. The molecule has 2 aromatic rings. The highest BCUT2D eigenvalue weighted by Crippen LogP contribution is 2.31. The lowest BCUT2D eigenvalue weighted by Gasteiger charge is -2.11. The Kier molecular flexibility index (Phi) is 4.29. The highest BCUT2D eigenvalue weighted by atomic mass is 16.3. The number of rotatable bonds is 1. The molecule has 0 saturated carbocycles.